The van der Waals surface area contributed by atoms with Gasteiger partial charge in [0.25, 0.3) is 0 Å². The molecule has 168 valence electrons. The number of benzene rings is 2. The number of likely N-dealkylation sites (tertiary alicyclic amines) is 1. The van der Waals surface area contributed by atoms with Gasteiger partial charge < -0.3 is 5.32 Å². The Labute approximate surface area is 186 Å². The standard InChI is InChI=1S/C24H33N3O3S/c1-3-23(27(31(2,29)30)22-10-6-4-7-11-22)24(28)25-18-20-12-14-21(15-13-20)19-26-16-8-5-9-17-26/h4,6-7,10-15,23H,3,5,8-9,16-19H2,1-2H3,(H,25,28)/t23-/m0/s1. The number of piperidine rings is 1. The molecule has 7 heteroatoms. The zero-order valence-corrected chi connectivity index (χ0v) is 19.3. The Morgan fingerprint density at radius 3 is 2.19 bits per heavy atom. The molecule has 1 heterocycles. The lowest BCUT2D eigenvalue weighted by molar-refractivity contribution is -0.122. The summed E-state index contributed by atoms with van der Waals surface area (Å²) in [7, 11) is -3.61. The minimum atomic E-state index is -3.61. The van der Waals surface area contributed by atoms with E-state index in [9.17, 15) is 13.2 Å². The van der Waals surface area contributed by atoms with Gasteiger partial charge in [0.05, 0.1) is 11.9 Å². The number of amides is 1. The van der Waals surface area contributed by atoms with Crippen LogP contribution < -0.4 is 9.62 Å². The average molecular weight is 444 g/mol. The van der Waals surface area contributed by atoms with Crippen LogP contribution in [-0.2, 0) is 27.9 Å². The molecule has 0 aliphatic carbocycles. The number of sulfonamides is 1. The Balaban J connectivity index is 1.62. The minimum Gasteiger partial charge on any atom is -0.350 e. The molecule has 0 aromatic heterocycles. The van der Waals surface area contributed by atoms with E-state index in [1.165, 1.54) is 29.1 Å². The van der Waals surface area contributed by atoms with Crippen molar-refractivity contribution in [2.45, 2.75) is 51.7 Å². The highest BCUT2D eigenvalue weighted by Gasteiger charge is 2.31. The lowest BCUT2D eigenvalue weighted by Gasteiger charge is -2.30. The van der Waals surface area contributed by atoms with E-state index in [1.54, 1.807) is 24.3 Å². The molecule has 0 radical (unpaired) electrons. The first-order valence-corrected chi connectivity index (χ1v) is 12.9. The van der Waals surface area contributed by atoms with Crippen molar-refractivity contribution >= 4 is 21.6 Å². The van der Waals surface area contributed by atoms with Gasteiger partial charge in [-0.3, -0.25) is 14.0 Å². The Morgan fingerprint density at radius 1 is 1.00 bits per heavy atom. The summed E-state index contributed by atoms with van der Waals surface area (Å²) in [6, 6.07) is 16.3. The van der Waals surface area contributed by atoms with Gasteiger partial charge in [-0.2, -0.15) is 0 Å². The van der Waals surface area contributed by atoms with Crippen LogP contribution in [0.25, 0.3) is 0 Å². The van der Waals surface area contributed by atoms with Gasteiger partial charge in [-0.25, -0.2) is 8.42 Å². The number of para-hydroxylation sites is 1. The van der Waals surface area contributed by atoms with E-state index in [0.29, 0.717) is 18.7 Å². The Hall–Kier alpha value is -2.38. The van der Waals surface area contributed by atoms with Gasteiger partial charge >= 0.3 is 0 Å². The Kier molecular flexibility index (Phi) is 8.09. The average Bonchev–Trinajstić information content (AvgIpc) is 2.77. The number of anilines is 1. The predicted octanol–water partition coefficient (Wildman–Crippen LogP) is 3.53. The van der Waals surface area contributed by atoms with E-state index in [1.807, 2.05) is 25.1 Å². The second kappa shape index (κ2) is 10.8. The summed E-state index contributed by atoms with van der Waals surface area (Å²) in [5, 5.41) is 2.92. The Morgan fingerprint density at radius 2 is 1.61 bits per heavy atom. The van der Waals surface area contributed by atoms with Crippen LogP contribution in [0.15, 0.2) is 54.6 Å². The number of hydrogen-bond donors (Lipinski definition) is 1. The fraction of sp³-hybridized carbons (Fsp3) is 0.458. The smallest absolute Gasteiger partial charge is 0.244 e. The number of nitrogens with zero attached hydrogens (tertiary/aromatic N) is 2. The predicted molar refractivity (Wildman–Crippen MR) is 125 cm³/mol. The zero-order chi connectivity index (χ0) is 22.3. The molecular weight excluding hydrogens is 410 g/mol. The summed E-state index contributed by atoms with van der Waals surface area (Å²) in [5.74, 6) is -0.297. The molecule has 0 spiro atoms. The Bertz CT molecular complexity index is 940. The van der Waals surface area contributed by atoms with Crippen LogP contribution in [-0.4, -0.2) is 44.6 Å². The second-order valence-corrected chi connectivity index (χ2v) is 10.0. The van der Waals surface area contributed by atoms with Gasteiger partial charge in [0.2, 0.25) is 15.9 Å². The summed E-state index contributed by atoms with van der Waals surface area (Å²) in [6.07, 6.45) is 5.39. The van der Waals surface area contributed by atoms with Gasteiger partial charge in [0.15, 0.2) is 0 Å². The van der Waals surface area contributed by atoms with Crippen molar-refractivity contribution in [1.29, 1.82) is 0 Å². The van der Waals surface area contributed by atoms with Gasteiger partial charge in [-0.1, -0.05) is 55.8 Å². The van der Waals surface area contributed by atoms with Crippen molar-refractivity contribution in [3.05, 3.63) is 65.7 Å². The van der Waals surface area contributed by atoms with Crippen LogP contribution >= 0.6 is 0 Å². The van der Waals surface area contributed by atoms with Crippen molar-refractivity contribution < 1.29 is 13.2 Å². The normalized spacial score (nSPS) is 15.9. The van der Waals surface area contributed by atoms with Crippen LogP contribution in [0, 0.1) is 0 Å². The molecule has 2 aromatic carbocycles. The van der Waals surface area contributed by atoms with Gasteiger partial charge in [-0.15, -0.1) is 0 Å². The summed E-state index contributed by atoms with van der Waals surface area (Å²) in [5.41, 5.74) is 2.76. The fourth-order valence-electron chi connectivity index (χ4n) is 4.08. The fourth-order valence-corrected chi connectivity index (χ4v) is 5.29. The SMILES string of the molecule is CC[C@@H](C(=O)NCc1ccc(CN2CCCCC2)cc1)N(c1ccccc1)S(C)(=O)=O. The lowest BCUT2D eigenvalue weighted by atomic mass is 10.1. The first-order valence-electron chi connectivity index (χ1n) is 11.0. The molecule has 1 atom stereocenters. The van der Waals surface area contributed by atoms with Gasteiger partial charge in [0, 0.05) is 13.1 Å². The molecule has 2 aromatic rings. The van der Waals surface area contributed by atoms with Crippen molar-refractivity contribution in [3.63, 3.8) is 0 Å². The second-order valence-electron chi connectivity index (χ2n) is 8.19. The third-order valence-electron chi connectivity index (χ3n) is 5.68. The first kappa shape index (κ1) is 23.3. The minimum absolute atomic E-state index is 0.297. The van der Waals surface area contributed by atoms with E-state index >= 15 is 0 Å². The quantitative estimate of drug-likeness (QED) is 0.644. The molecule has 1 aliphatic rings. The lowest BCUT2D eigenvalue weighted by Crippen LogP contribution is -2.49. The van der Waals surface area contributed by atoms with E-state index in [4.69, 9.17) is 0 Å². The highest BCUT2D eigenvalue weighted by Crippen LogP contribution is 2.22. The van der Waals surface area contributed by atoms with Gasteiger partial charge in [-0.05, 0) is 55.6 Å². The number of carbonyl (C=O) groups excluding carboxylic acids is 1. The molecule has 0 saturated carbocycles. The van der Waals surface area contributed by atoms with Gasteiger partial charge in [0.1, 0.15) is 6.04 Å². The van der Waals surface area contributed by atoms with Crippen LogP contribution in [0.5, 0.6) is 0 Å². The molecule has 1 amide bonds. The highest BCUT2D eigenvalue weighted by molar-refractivity contribution is 7.92. The number of hydrogen-bond acceptors (Lipinski definition) is 4. The highest BCUT2D eigenvalue weighted by atomic mass is 32.2. The topological polar surface area (TPSA) is 69.7 Å². The third kappa shape index (κ3) is 6.55. The molecule has 6 nitrogen and oxygen atoms in total. The molecule has 3 rings (SSSR count). The van der Waals surface area contributed by atoms with E-state index in [0.717, 1.165) is 31.5 Å². The number of carbonyl (C=O) groups is 1. The van der Waals surface area contributed by atoms with Crippen molar-refractivity contribution in [2.75, 3.05) is 23.7 Å². The molecule has 0 bridgehead atoms. The van der Waals surface area contributed by atoms with Crippen LogP contribution in [0.1, 0.15) is 43.7 Å². The summed E-state index contributed by atoms with van der Waals surface area (Å²) >= 11 is 0. The number of rotatable bonds is 9. The molecule has 1 saturated heterocycles. The van der Waals surface area contributed by atoms with E-state index < -0.39 is 16.1 Å². The monoisotopic (exact) mass is 443 g/mol. The molecule has 1 N–H and O–H groups in total. The number of nitrogens with one attached hydrogen (secondary N) is 1. The van der Waals surface area contributed by atoms with Crippen molar-refractivity contribution in [2.24, 2.45) is 0 Å². The molecule has 0 unspecified atom stereocenters. The maximum absolute atomic E-state index is 12.9. The van der Waals surface area contributed by atoms with E-state index in [2.05, 4.69) is 22.3 Å². The van der Waals surface area contributed by atoms with Crippen molar-refractivity contribution in [3.8, 4) is 0 Å². The molecule has 1 aliphatic heterocycles. The van der Waals surface area contributed by atoms with Crippen molar-refractivity contribution in [1.82, 2.24) is 10.2 Å². The zero-order valence-electron chi connectivity index (χ0n) is 18.5. The summed E-state index contributed by atoms with van der Waals surface area (Å²) in [4.78, 5) is 15.4. The molecule has 31 heavy (non-hydrogen) atoms. The van der Waals surface area contributed by atoms with Crippen LogP contribution in [0.4, 0.5) is 5.69 Å². The largest absolute Gasteiger partial charge is 0.350 e. The molecular formula is C24H33N3O3S. The maximum Gasteiger partial charge on any atom is 0.244 e. The van der Waals surface area contributed by atoms with Crippen LogP contribution in [0.2, 0.25) is 0 Å². The van der Waals surface area contributed by atoms with E-state index in [-0.39, 0.29) is 5.91 Å². The first-order chi connectivity index (χ1) is 14.9. The molecule has 1 fully saturated rings. The maximum atomic E-state index is 12.9. The summed E-state index contributed by atoms with van der Waals surface area (Å²) in [6.45, 7) is 5.47. The third-order valence-corrected chi connectivity index (χ3v) is 6.86. The van der Waals surface area contributed by atoms with Crippen LogP contribution in [0.3, 0.4) is 0 Å². The summed E-state index contributed by atoms with van der Waals surface area (Å²) < 4.78 is 26.1.